The minimum atomic E-state index is 0.0438. The van der Waals surface area contributed by atoms with Crippen molar-refractivity contribution in [1.29, 1.82) is 0 Å². The van der Waals surface area contributed by atoms with Gasteiger partial charge in [-0.15, -0.1) is 0 Å². The van der Waals surface area contributed by atoms with Crippen LogP contribution in [0.5, 0.6) is 11.5 Å². The van der Waals surface area contributed by atoms with Crippen molar-refractivity contribution in [3.8, 4) is 22.8 Å². The zero-order chi connectivity index (χ0) is 22.9. The Morgan fingerprint density at radius 1 is 1.06 bits per heavy atom. The number of nitrogens with zero attached hydrogens (tertiary/aromatic N) is 6. The van der Waals surface area contributed by atoms with E-state index in [2.05, 4.69) is 9.97 Å². The number of fused-ring (bicyclic) bond motifs is 1. The fourth-order valence-electron chi connectivity index (χ4n) is 3.94. The van der Waals surface area contributed by atoms with Crippen molar-refractivity contribution >= 4 is 22.8 Å². The van der Waals surface area contributed by atoms with Crippen LogP contribution in [0.25, 0.3) is 22.3 Å². The molecule has 9 nitrogen and oxygen atoms in total. The lowest BCUT2D eigenvalue weighted by Crippen LogP contribution is -2.53. The number of likely N-dealkylation sites (N-methyl/N-ethyl adjacent to an activating group) is 1. The Morgan fingerprint density at radius 3 is 2.45 bits per heavy atom. The summed E-state index contributed by atoms with van der Waals surface area (Å²) in [5, 5.41) is 5.57. The average molecular weight is 444 g/mol. The lowest BCUT2D eigenvalue weighted by Gasteiger charge is -2.39. The number of anilines is 1. The van der Waals surface area contributed by atoms with Crippen LogP contribution in [0, 0.1) is 0 Å². The molecule has 4 aromatic rings. The topological polar surface area (TPSA) is 102 Å². The maximum absolute atomic E-state index is 12.3. The van der Waals surface area contributed by atoms with E-state index >= 15 is 0 Å². The van der Waals surface area contributed by atoms with Crippen LogP contribution in [-0.2, 0) is 4.79 Å². The summed E-state index contributed by atoms with van der Waals surface area (Å²) in [6.45, 7) is 1.58. The minimum absolute atomic E-state index is 0.0438. The summed E-state index contributed by atoms with van der Waals surface area (Å²) in [5.41, 5.74) is 8.51. The number of carbonyl (C=O) groups excluding carboxylic acids is 1. The molecule has 1 fully saturated rings. The van der Waals surface area contributed by atoms with Crippen LogP contribution in [0.1, 0.15) is 6.04 Å². The van der Waals surface area contributed by atoms with E-state index in [1.165, 1.54) is 6.33 Å². The molecule has 0 aliphatic carbocycles. The first-order valence-corrected chi connectivity index (χ1v) is 10.7. The second-order valence-electron chi connectivity index (χ2n) is 8.38. The van der Waals surface area contributed by atoms with E-state index < -0.39 is 0 Å². The number of nitrogen functional groups attached to an aromatic ring is 1. The van der Waals surface area contributed by atoms with Gasteiger partial charge in [-0.1, -0.05) is 18.2 Å². The Labute approximate surface area is 191 Å². The van der Waals surface area contributed by atoms with Crippen molar-refractivity contribution in [2.75, 3.05) is 39.5 Å². The third-order valence-corrected chi connectivity index (χ3v) is 5.64. The number of carbonyl (C=O) groups is 1. The second kappa shape index (κ2) is 8.51. The summed E-state index contributed by atoms with van der Waals surface area (Å²) >= 11 is 0. The van der Waals surface area contributed by atoms with E-state index in [9.17, 15) is 4.79 Å². The minimum Gasteiger partial charge on any atom is -0.457 e. The van der Waals surface area contributed by atoms with E-state index in [0.29, 0.717) is 42.2 Å². The standard InChI is InChI=1S/C24H25N7O2/c1-29(2)14-20(32)30-12-17(13-30)31-24-21(23(25)26-15-27-24)22(28-31)16-8-10-19(11-9-16)33-18-6-4-3-5-7-18/h3-11,15,17H,12-14H2,1-2H3,(H2,25,26,27). The highest BCUT2D eigenvalue weighted by Crippen LogP contribution is 2.34. The molecule has 3 heterocycles. The fourth-order valence-corrected chi connectivity index (χ4v) is 3.94. The van der Waals surface area contributed by atoms with Crippen molar-refractivity contribution in [3.05, 3.63) is 60.9 Å². The second-order valence-corrected chi connectivity index (χ2v) is 8.38. The smallest absolute Gasteiger partial charge is 0.236 e. The molecule has 1 amide bonds. The average Bonchev–Trinajstić information content (AvgIpc) is 3.14. The van der Waals surface area contributed by atoms with Gasteiger partial charge in [0.1, 0.15) is 29.3 Å². The van der Waals surface area contributed by atoms with Crippen LogP contribution in [0.2, 0.25) is 0 Å². The number of amides is 1. The number of hydrogen-bond acceptors (Lipinski definition) is 7. The summed E-state index contributed by atoms with van der Waals surface area (Å²) in [7, 11) is 3.77. The number of nitrogens with two attached hydrogens (primary N) is 1. The molecule has 0 bridgehead atoms. The SMILES string of the molecule is CN(C)CC(=O)N1CC(n2nc(-c3ccc(Oc4ccccc4)cc3)c3c(N)ncnc32)C1. The van der Waals surface area contributed by atoms with Gasteiger partial charge in [-0.05, 0) is 50.5 Å². The quantitative estimate of drug-likeness (QED) is 0.489. The molecular weight excluding hydrogens is 418 g/mol. The Morgan fingerprint density at radius 2 is 1.76 bits per heavy atom. The van der Waals surface area contributed by atoms with Crippen molar-refractivity contribution in [3.63, 3.8) is 0 Å². The van der Waals surface area contributed by atoms with E-state index in [1.807, 2.05) is 83.2 Å². The van der Waals surface area contributed by atoms with Crippen LogP contribution in [0.15, 0.2) is 60.9 Å². The molecule has 2 aromatic carbocycles. The molecule has 2 N–H and O–H groups in total. The zero-order valence-corrected chi connectivity index (χ0v) is 18.5. The number of para-hydroxylation sites is 1. The normalized spacial score (nSPS) is 14.0. The van der Waals surface area contributed by atoms with Gasteiger partial charge in [-0.2, -0.15) is 5.10 Å². The third kappa shape index (κ3) is 4.10. The summed E-state index contributed by atoms with van der Waals surface area (Å²) in [5.74, 6) is 1.99. The lowest BCUT2D eigenvalue weighted by atomic mass is 10.1. The van der Waals surface area contributed by atoms with Gasteiger partial charge in [-0.25, -0.2) is 14.6 Å². The Balaban J connectivity index is 1.42. The highest BCUT2D eigenvalue weighted by molar-refractivity contribution is 5.98. The molecule has 9 heteroatoms. The van der Waals surface area contributed by atoms with Crippen LogP contribution in [0.3, 0.4) is 0 Å². The lowest BCUT2D eigenvalue weighted by molar-refractivity contribution is -0.137. The first-order valence-electron chi connectivity index (χ1n) is 10.7. The molecule has 1 aliphatic rings. The van der Waals surface area contributed by atoms with Gasteiger partial charge >= 0.3 is 0 Å². The van der Waals surface area contributed by atoms with Gasteiger partial charge < -0.3 is 20.3 Å². The molecule has 0 radical (unpaired) electrons. The highest BCUT2D eigenvalue weighted by Gasteiger charge is 2.34. The molecule has 168 valence electrons. The molecule has 0 unspecified atom stereocenters. The predicted octanol–water partition coefficient (Wildman–Crippen LogP) is 2.81. The Bertz CT molecular complexity index is 1280. The maximum Gasteiger partial charge on any atom is 0.236 e. The molecule has 0 spiro atoms. The molecule has 33 heavy (non-hydrogen) atoms. The first-order chi connectivity index (χ1) is 16.0. The van der Waals surface area contributed by atoms with E-state index in [1.54, 1.807) is 0 Å². The van der Waals surface area contributed by atoms with E-state index in [0.717, 1.165) is 17.1 Å². The van der Waals surface area contributed by atoms with Crippen LogP contribution in [-0.4, -0.2) is 69.2 Å². The zero-order valence-electron chi connectivity index (χ0n) is 18.5. The number of hydrogen-bond donors (Lipinski definition) is 1. The van der Waals surface area contributed by atoms with Gasteiger partial charge in [0.2, 0.25) is 5.91 Å². The first kappa shape index (κ1) is 20.9. The molecule has 0 atom stereocenters. The number of ether oxygens (including phenoxy) is 1. The molecule has 5 rings (SSSR count). The van der Waals surface area contributed by atoms with Crippen molar-refractivity contribution in [2.24, 2.45) is 0 Å². The molecule has 2 aromatic heterocycles. The summed E-state index contributed by atoms with van der Waals surface area (Å²) in [6.07, 6.45) is 1.45. The van der Waals surface area contributed by atoms with Crippen molar-refractivity contribution in [1.82, 2.24) is 29.5 Å². The largest absolute Gasteiger partial charge is 0.457 e. The molecule has 1 aliphatic heterocycles. The number of rotatable bonds is 6. The highest BCUT2D eigenvalue weighted by atomic mass is 16.5. The molecule has 0 saturated carbocycles. The number of likely N-dealkylation sites (tertiary alicyclic amines) is 1. The van der Waals surface area contributed by atoms with Gasteiger partial charge in [0.05, 0.1) is 18.0 Å². The van der Waals surface area contributed by atoms with Crippen LogP contribution < -0.4 is 10.5 Å². The summed E-state index contributed by atoms with van der Waals surface area (Å²) in [6, 6.07) is 17.4. The van der Waals surface area contributed by atoms with Crippen LogP contribution in [0.4, 0.5) is 5.82 Å². The molecule has 1 saturated heterocycles. The van der Waals surface area contributed by atoms with Crippen LogP contribution >= 0.6 is 0 Å². The summed E-state index contributed by atoms with van der Waals surface area (Å²) < 4.78 is 7.77. The van der Waals surface area contributed by atoms with Gasteiger partial charge in [-0.3, -0.25) is 4.79 Å². The van der Waals surface area contributed by atoms with E-state index in [4.69, 9.17) is 15.6 Å². The van der Waals surface area contributed by atoms with Gasteiger partial charge in [0.15, 0.2) is 5.65 Å². The Kier molecular flexibility index (Phi) is 5.39. The number of benzene rings is 2. The van der Waals surface area contributed by atoms with Gasteiger partial charge in [0, 0.05) is 18.7 Å². The summed E-state index contributed by atoms with van der Waals surface area (Å²) in [4.78, 5) is 24.7. The van der Waals surface area contributed by atoms with Gasteiger partial charge in [0.25, 0.3) is 0 Å². The fraction of sp³-hybridized carbons (Fsp3) is 0.250. The number of aromatic nitrogens is 4. The molecular formula is C24H25N7O2. The van der Waals surface area contributed by atoms with Crippen molar-refractivity contribution < 1.29 is 9.53 Å². The monoisotopic (exact) mass is 443 g/mol. The maximum atomic E-state index is 12.3. The van der Waals surface area contributed by atoms with Crippen molar-refractivity contribution in [2.45, 2.75) is 6.04 Å². The third-order valence-electron chi connectivity index (χ3n) is 5.64. The van der Waals surface area contributed by atoms with E-state index in [-0.39, 0.29) is 11.9 Å². The predicted molar refractivity (Wildman–Crippen MR) is 126 cm³/mol. The Hall–Kier alpha value is -3.98.